The van der Waals surface area contributed by atoms with Crippen LogP contribution in [-0.4, -0.2) is 41.8 Å². The molecule has 6 nitrogen and oxygen atoms in total. The van der Waals surface area contributed by atoms with Crippen LogP contribution in [0.3, 0.4) is 0 Å². The van der Waals surface area contributed by atoms with Gasteiger partial charge in [0.2, 0.25) is 0 Å². The third kappa shape index (κ3) is 4.06. The van der Waals surface area contributed by atoms with Gasteiger partial charge in [0.05, 0.1) is 35.9 Å². The summed E-state index contributed by atoms with van der Waals surface area (Å²) in [6.45, 7) is 4.76. The van der Waals surface area contributed by atoms with E-state index < -0.39 is 10.0 Å². The van der Waals surface area contributed by atoms with Crippen molar-refractivity contribution in [1.29, 1.82) is 0 Å². The lowest BCUT2D eigenvalue weighted by Crippen LogP contribution is -2.36. The molecule has 0 spiro atoms. The number of hydrogen-bond donors (Lipinski definition) is 1. The number of sulfonamides is 1. The Labute approximate surface area is 158 Å². The molecule has 1 heterocycles. The molecule has 0 radical (unpaired) electrons. The summed E-state index contributed by atoms with van der Waals surface area (Å²) >= 11 is 6.06. The van der Waals surface area contributed by atoms with Crippen molar-refractivity contribution in [2.75, 3.05) is 43.0 Å². The van der Waals surface area contributed by atoms with Crippen molar-refractivity contribution in [3.8, 4) is 5.75 Å². The fourth-order valence-corrected chi connectivity index (χ4v) is 4.23. The second kappa shape index (κ2) is 7.73. The van der Waals surface area contributed by atoms with Crippen molar-refractivity contribution < 1.29 is 17.9 Å². The number of methoxy groups -OCH3 is 1. The van der Waals surface area contributed by atoms with Gasteiger partial charge in [0.25, 0.3) is 10.0 Å². The number of benzene rings is 2. The minimum atomic E-state index is -3.76. The van der Waals surface area contributed by atoms with Crippen LogP contribution in [-0.2, 0) is 14.8 Å². The minimum absolute atomic E-state index is 0.0828. The molecule has 0 aliphatic carbocycles. The smallest absolute Gasteiger partial charge is 0.261 e. The van der Waals surface area contributed by atoms with Gasteiger partial charge in [-0.2, -0.15) is 0 Å². The molecule has 1 aliphatic rings. The average Bonchev–Trinajstić information content (AvgIpc) is 2.64. The first-order valence-corrected chi connectivity index (χ1v) is 10.1. The van der Waals surface area contributed by atoms with Crippen LogP contribution < -0.4 is 14.4 Å². The molecule has 0 atom stereocenters. The monoisotopic (exact) mass is 396 g/mol. The van der Waals surface area contributed by atoms with E-state index in [9.17, 15) is 8.42 Å². The maximum absolute atomic E-state index is 12.7. The van der Waals surface area contributed by atoms with Crippen molar-refractivity contribution in [2.45, 2.75) is 11.8 Å². The average molecular weight is 397 g/mol. The number of rotatable bonds is 5. The van der Waals surface area contributed by atoms with E-state index in [2.05, 4.69) is 9.62 Å². The van der Waals surface area contributed by atoms with E-state index in [0.717, 1.165) is 24.3 Å². The lowest BCUT2D eigenvalue weighted by atomic mass is 10.1. The van der Waals surface area contributed by atoms with Crippen LogP contribution in [0, 0.1) is 6.92 Å². The number of nitrogens with zero attached hydrogens (tertiary/aromatic N) is 1. The third-order valence-corrected chi connectivity index (χ3v) is 5.93. The first-order valence-electron chi connectivity index (χ1n) is 8.20. The minimum Gasteiger partial charge on any atom is -0.495 e. The van der Waals surface area contributed by atoms with Gasteiger partial charge >= 0.3 is 0 Å². The third-order valence-electron chi connectivity index (χ3n) is 4.28. The standard InChI is InChI=1S/C18H21ClN2O4S/c1-13-3-4-14(21-7-9-25-10-8-21)11-17(13)20-26(22,23)15-5-6-18(24-2)16(19)12-15/h3-6,11-12,20H,7-10H2,1-2H3. The van der Waals surface area contributed by atoms with E-state index in [1.807, 2.05) is 25.1 Å². The molecule has 0 aromatic heterocycles. The topological polar surface area (TPSA) is 67.9 Å². The highest BCUT2D eigenvalue weighted by Crippen LogP contribution is 2.30. The number of aryl methyl sites for hydroxylation is 1. The molecule has 2 aromatic carbocycles. The predicted molar refractivity (Wildman–Crippen MR) is 103 cm³/mol. The van der Waals surface area contributed by atoms with Crippen LogP contribution in [0.15, 0.2) is 41.3 Å². The Hall–Kier alpha value is -1.96. The summed E-state index contributed by atoms with van der Waals surface area (Å²) in [5, 5.41) is 0.245. The van der Waals surface area contributed by atoms with E-state index in [0.29, 0.717) is 24.7 Å². The number of nitrogens with one attached hydrogen (secondary N) is 1. The normalized spacial score (nSPS) is 15.0. The molecule has 0 unspecified atom stereocenters. The van der Waals surface area contributed by atoms with Crippen molar-refractivity contribution in [3.05, 3.63) is 47.0 Å². The summed E-state index contributed by atoms with van der Waals surface area (Å²) in [7, 11) is -2.28. The number of morpholine rings is 1. The lowest BCUT2D eigenvalue weighted by molar-refractivity contribution is 0.122. The van der Waals surface area contributed by atoms with Crippen LogP contribution in [0.5, 0.6) is 5.75 Å². The largest absolute Gasteiger partial charge is 0.495 e. The fourth-order valence-electron chi connectivity index (χ4n) is 2.76. The van der Waals surface area contributed by atoms with E-state index in [1.54, 1.807) is 0 Å². The van der Waals surface area contributed by atoms with Gasteiger partial charge in [-0.3, -0.25) is 4.72 Å². The molecule has 0 bridgehead atoms. The van der Waals surface area contributed by atoms with Gasteiger partial charge in [-0.15, -0.1) is 0 Å². The van der Waals surface area contributed by atoms with Gasteiger partial charge in [0, 0.05) is 18.8 Å². The van der Waals surface area contributed by atoms with Crippen molar-refractivity contribution in [2.24, 2.45) is 0 Å². The molecule has 0 saturated carbocycles. The predicted octanol–water partition coefficient (Wildman–Crippen LogP) is 3.29. The Balaban J connectivity index is 1.88. The zero-order chi connectivity index (χ0) is 18.7. The van der Waals surface area contributed by atoms with Crippen molar-refractivity contribution >= 4 is 33.0 Å². The van der Waals surface area contributed by atoms with Crippen molar-refractivity contribution in [3.63, 3.8) is 0 Å². The molecule has 1 N–H and O–H groups in total. The lowest BCUT2D eigenvalue weighted by Gasteiger charge is -2.29. The fraction of sp³-hybridized carbons (Fsp3) is 0.333. The maximum Gasteiger partial charge on any atom is 0.261 e. The molecule has 3 rings (SSSR count). The van der Waals surface area contributed by atoms with Gasteiger partial charge in [-0.05, 0) is 42.8 Å². The molecule has 1 fully saturated rings. The van der Waals surface area contributed by atoms with E-state index >= 15 is 0 Å². The summed E-state index contributed by atoms with van der Waals surface area (Å²) < 4.78 is 38.6. The maximum atomic E-state index is 12.7. The SMILES string of the molecule is COc1ccc(S(=O)(=O)Nc2cc(N3CCOCC3)ccc2C)cc1Cl. The Morgan fingerprint density at radius 3 is 2.54 bits per heavy atom. The second-order valence-electron chi connectivity index (χ2n) is 6.00. The zero-order valence-corrected chi connectivity index (χ0v) is 16.2. The Bertz CT molecular complexity index is 896. The van der Waals surface area contributed by atoms with Crippen LogP contribution in [0.4, 0.5) is 11.4 Å². The summed E-state index contributed by atoms with van der Waals surface area (Å²) in [4.78, 5) is 2.25. The Kier molecular flexibility index (Phi) is 5.60. The van der Waals surface area contributed by atoms with E-state index in [1.165, 1.54) is 25.3 Å². The van der Waals surface area contributed by atoms with Crippen LogP contribution in [0.25, 0.3) is 0 Å². The molecule has 1 saturated heterocycles. The Morgan fingerprint density at radius 1 is 1.15 bits per heavy atom. The summed E-state index contributed by atoms with van der Waals surface area (Å²) in [5.41, 5.74) is 2.34. The number of anilines is 2. The highest BCUT2D eigenvalue weighted by Gasteiger charge is 2.19. The first kappa shape index (κ1) is 18.8. The van der Waals surface area contributed by atoms with Gasteiger partial charge in [0.15, 0.2) is 0 Å². The summed E-state index contributed by atoms with van der Waals surface area (Å²) in [6, 6.07) is 10.1. The molecular formula is C18H21ClN2O4S. The van der Waals surface area contributed by atoms with Gasteiger partial charge < -0.3 is 14.4 Å². The van der Waals surface area contributed by atoms with Crippen LogP contribution in [0.1, 0.15) is 5.56 Å². The molecule has 0 amide bonds. The van der Waals surface area contributed by atoms with Crippen LogP contribution >= 0.6 is 11.6 Å². The molecule has 140 valence electrons. The first-order chi connectivity index (χ1) is 12.4. The van der Waals surface area contributed by atoms with Gasteiger partial charge in [-0.1, -0.05) is 17.7 Å². The molecule has 1 aliphatic heterocycles. The molecule has 8 heteroatoms. The van der Waals surface area contributed by atoms with Gasteiger partial charge in [-0.25, -0.2) is 8.42 Å². The second-order valence-corrected chi connectivity index (χ2v) is 8.09. The van der Waals surface area contributed by atoms with Crippen LogP contribution in [0.2, 0.25) is 5.02 Å². The number of halogens is 1. The molecule has 2 aromatic rings. The highest BCUT2D eigenvalue weighted by atomic mass is 35.5. The van der Waals surface area contributed by atoms with Gasteiger partial charge in [0.1, 0.15) is 5.75 Å². The number of ether oxygens (including phenoxy) is 2. The number of hydrogen-bond acceptors (Lipinski definition) is 5. The molecule has 26 heavy (non-hydrogen) atoms. The van der Waals surface area contributed by atoms with Crippen molar-refractivity contribution in [1.82, 2.24) is 0 Å². The zero-order valence-electron chi connectivity index (χ0n) is 14.7. The summed E-state index contributed by atoms with van der Waals surface area (Å²) in [5.74, 6) is 0.427. The van der Waals surface area contributed by atoms with E-state index in [4.69, 9.17) is 21.1 Å². The highest BCUT2D eigenvalue weighted by molar-refractivity contribution is 7.92. The van der Waals surface area contributed by atoms with E-state index in [-0.39, 0.29) is 9.92 Å². The quantitative estimate of drug-likeness (QED) is 0.839. The Morgan fingerprint density at radius 2 is 1.88 bits per heavy atom. The molecular weight excluding hydrogens is 376 g/mol. The summed E-state index contributed by atoms with van der Waals surface area (Å²) in [6.07, 6.45) is 0.